The van der Waals surface area contributed by atoms with E-state index in [1.807, 2.05) is 30.3 Å². The third-order valence-electron chi connectivity index (χ3n) is 2.91. The van der Waals surface area contributed by atoms with E-state index < -0.39 is 0 Å². The van der Waals surface area contributed by atoms with E-state index in [4.69, 9.17) is 4.74 Å². The largest absolute Gasteiger partial charge is 0.456 e. The molecular formula is C17H21NOS. The van der Waals surface area contributed by atoms with E-state index in [2.05, 4.69) is 43.6 Å². The van der Waals surface area contributed by atoms with Crippen molar-refractivity contribution in [3.8, 4) is 11.5 Å². The molecule has 0 saturated heterocycles. The molecule has 20 heavy (non-hydrogen) atoms. The maximum Gasteiger partial charge on any atom is 0.140 e. The number of hydrogen-bond donors (Lipinski definition) is 1. The molecule has 0 aliphatic heterocycles. The summed E-state index contributed by atoms with van der Waals surface area (Å²) in [5, 5.41) is 3.42. The Labute approximate surface area is 125 Å². The third kappa shape index (κ3) is 4.29. The summed E-state index contributed by atoms with van der Waals surface area (Å²) < 4.78 is 6.00. The standard InChI is InChI=1S/C17H21NOS/c1-13(2)18-12-14-7-6-8-15(11-14)19-16-9-4-5-10-17(16)20-3/h4-11,13,18H,12H2,1-3H3. The van der Waals surface area contributed by atoms with Gasteiger partial charge in [0.2, 0.25) is 0 Å². The van der Waals surface area contributed by atoms with Crippen molar-refractivity contribution >= 4 is 11.8 Å². The van der Waals surface area contributed by atoms with Crippen molar-refractivity contribution in [1.82, 2.24) is 5.32 Å². The Morgan fingerprint density at radius 2 is 1.90 bits per heavy atom. The van der Waals surface area contributed by atoms with Gasteiger partial charge in [0.25, 0.3) is 0 Å². The van der Waals surface area contributed by atoms with Gasteiger partial charge in [0.15, 0.2) is 0 Å². The molecule has 3 heteroatoms. The van der Waals surface area contributed by atoms with E-state index in [0.717, 1.165) is 22.9 Å². The Bertz CT molecular complexity index is 554. The van der Waals surface area contributed by atoms with Crippen LogP contribution in [0.2, 0.25) is 0 Å². The summed E-state index contributed by atoms with van der Waals surface area (Å²) in [5.74, 6) is 1.79. The first-order chi connectivity index (χ1) is 9.69. The Balaban J connectivity index is 2.11. The topological polar surface area (TPSA) is 21.3 Å². The van der Waals surface area contributed by atoms with Gasteiger partial charge in [-0.1, -0.05) is 38.1 Å². The molecule has 2 aromatic rings. The SMILES string of the molecule is CSc1ccccc1Oc1cccc(CNC(C)C)c1. The minimum absolute atomic E-state index is 0.483. The zero-order chi connectivity index (χ0) is 14.4. The van der Waals surface area contributed by atoms with Gasteiger partial charge >= 0.3 is 0 Å². The maximum absolute atomic E-state index is 6.00. The zero-order valence-corrected chi connectivity index (χ0v) is 13.0. The summed E-state index contributed by atoms with van der Waals surface area (Å²) >= 11 is 1.70. The van der Waals surface area contributed by atoms with Gasteiger partial charge in [-0.25, -0.2) is 0 Å². The highest BCUT2D eigenvalue weighted by atomic mass is 32.2. The number of ether oxygens (including phenoxy) is 1. The number of thioether (sulfide) groups is 1. The normalized spacial score (nSPS) is 10.8. The second-order valence-electron chi connectivity index (χ2n) is 4.94. The second kappa shape index (κ2) is 7.36. The molecule has 0 fully saturated rings. The Morgan fingerprint density at radius 1 is 1.10 bits per heavy atom. The molecule has 0 spiro atoms. The highest BCUT2D eigenvalue weighted by Gasteiger charge is 2.04. The number of hydrogen-bond acceptors (Lipinski definition) is 3. The molecular weight excluding hydrogens is 266 g/mol. The minimum Gasteiger partial charge on any atom is -0.456 e. The molecule has 0 heterocycles. The van der Waals surface area contributed by atoms with Gasteiger partial charge in [-0.15, -0.1) is 11.8 Å². The predicted molar refractivity (Wildman–Crippen MR) is 86.7 cm³/mol. The molecule has 1 N–H and O–H groups in total. The molecule has 0 aliphatic carbocycles. The van der Waals surface area contributed by atoms with E-state index in [1.165, 1.54) is 5.56 Å². The van der Waals surface area contributed by atoms with Crippen LogP contribution in [0.1, 0.15) is 19.4 Å². The van der Waals surface area contributed by atoms with Gasteiger partial charge in [-0.05, 0) is 36.1 Å². The quantitative estimate of drug-likeness (QED) is 0.778. The van der Waals surface area contributed by atoms with Crippen LogP contribution in [-0.4, -0.2) is 12.3 Å². The van der Waals surface area contributed by atoms with Crippen molar-refractivity contribution in [2.75, 3.05) is 6.26 Å². The average Bonchev–Trinajstić information content (AvgIpc) is 2.46. The first-order valence-electron chi connectivity index (χ1n) is 6.82. The lowest BCUT2D eigenvalue weighted by atomic mass is 10.2. The van der Waals surface area contributed by atoms with Crippen molar-refractivity contribution in [1.29, 1.82) is 0 Å². The van der Waals surface area contributed by atoms with Crippen LogP contribution in [0.4, 0.5) is 0 Å². The summed E-state index contributed by atoms with van der Waals surface area (Å²) in [5.41, 5.74) is 1.23. The van der Waals surface area contributed by atoms with Crippen LogP contribution in [0.15, 0.2) is 53.4 Å². The fraction of sp³-hybridized carbons (Fsp3) is 0.294. The van der Waals surface area contributed by atoms with Crippen molar-refractivity contribution in [3.05, 3.63) is 54.1 Å². The second-order valence-corrected chi connectivity index (χ2v) is 5.78. The van der Waals surface area contributed by atoms with Crippen molar-refractivity contribution < 1.29 is 4.74 Å². The monoisotopic (exact) mass is 287 g/mol. The summed E-state index contributed by atoms with van der Waals surface area (Å²) in [6.07, 6.45) is 2.06. The van der Waals surface area contributed by atoms with Gasteiger partial charge in [-0.3, -0.25) is 0 Å². The molecule has 2 rings (SSSR count). The molecule has 2 aromatic carbocycles. The zero-order valence-electron chi connectivity index (χ0n) is 12.2. The first-order valence-corrected chi connectivity index (χ1v) is 8.04. The third-order valence-corrected chi connectivity index (χ3v) is 3.69. The highest BCUT2D eigenvalue weighted by Crippen LogP contribution is 2.31. The predicted octanol–water partition coefficient (Wildman–Crippen LogP) is 4.70. The lowest BCUT2D eigenvalue weighted by Gasteiger charge is -2.12. The van der Waals surface area contributed by atoms with E-state index in [0.29, 0.717) is 6.04 Å². The van der Waals surface area contributed by atoms with Gasteiger partial charge < -0.3 is 10.1 Å². The fourth-order valence-corrected chi connectivity index (χ4v) is 2.40. The smallest absolute Gasteiger partial charge is 0.140 e. The lowest BCUT2D eigenvalue weighted by molar-refractivity contribution is 0.469. The molecule has 0 unspecified atom stereocenters. The summed E-state index contributed by atoms with van der Waals surface area (Å²) in [6, 6.07) is 16.8. The van der Waals surface area contributed by atoms with Crippen LogP contribution in [0.5, 0.6) is 11.5 Å². The average molecular weight is 287 g/mol. The summed E-state index contributed by atoms with van der Waals surface area (Å²) in [7, 11) is 0. The Hall–Kier alpha value is -1.45. The number of nitrogens with one attached hydrogen (secondary N) is 1. The maximum atomic E-state index is 6.00. The van der Waals surface area contributed by atoms with Gasteiger partial charge in [0.1, 0.15) is 11.5 Å². The van der Waals surface area contributed by atoms with Crippen molar-refractivity contribution in [2.45, 2.75) is 31.3 Å². The van der Waals surface area contributed by atoms with Crippen LogP contribution in [-0.2, 0) is 6.54 Å². The van der Waals surface area contributed by atoms with E-state index in [1.54, 1.807) is 11.8 Å². The van der Waals surface area contributed by atoms with E-state index in [9.17, 15) is 0 Å². The highest BCUT2D eigenvalue weighted by molar-refractivity contribution is 7.98. The molecule has 0 aromatic heterocycles. The summed E-state index contributed by atoms with van der Waals surface area (Å²) in [4.78, 5) is 1.15. The molecule has 0 bridgehead atoms. The van der Waals surface area contributed by atoms with E-state index in [-0.39, 0.29) is 0 Å². The molecule has 0 aliphatic rings. The number of benzene rings is 2. The lowest BCUT2D eigenvalue weighted by Crippen LogP contribution is -2.21. The minimum atomic E-state index is 0.483. The molecule has 106 valence electrons. The van der Waals surface area contributed by atoms with Crippen LogP contribution in [0, 0.1) is 0 Å². The van der Waals surface area contributed by atoms with Crippen LogP contribution >= 0.6 is 11.8 Å². The number of rotatable bonds is 6. The van der Waals surface area contributed by atoms with Crippen LogP contribution in [0.25, 0.3) is 0 Å². The molecule has 0 saturated carbocycles. The Morgan fingerprint density at radius 3 is 2.65 bits per heavy atom. The molecule has 0 amide bonds. The first kappa shape index (κ1) is 14.9. The molecule has 2 nitrogen and oxygen atoms in total. The fourth-order valence-electron chi connectivity index (χ4n) is 1.87. The van der Waals surface area contributed by atoms with Crippen molar-refractivity contribution in [2.24, 2.45) is 0 Å². The van der Waals surface area contributed by atoms with E-state index >= 15 is 0 Å². The van der Waals surface area contributed by atoms with Gasteiger partial charge in [0.05, 0.1) is 0 Å². The van der Waals surface area contributed by atoms with Crippen LogP contribution in [0.3, 0.4) is 0 Å². The van der Waals surface area contributed by atoms with Crippen LogP contribution < -0.4 is 10.1 Å². The summed E-state index contributed by atoms with van der Waals surface area (Å²) in [6.45, 7) is 5.16. The van der Waals surface area contributed by atoms with Gasteiger partial charge in [0, 0.05) is 17.5 Å². The van der Waals surface area contributed by atoms with Gasteiger partial charge in [-0.2, -0.15) is 0 Å². The number of para-hydroxylation sites is 1. The van der Waals surface area contributed by atoms with Crippen molar-refractivity contribution in [3.63, 3.8) is 0 Å². The Kier molecular flexibility index (Phi) is 5.50. The molecule has 0 radical (unpaired) electrons. The molecule has 0 atom stereocenters.